The molecule has 0 aromatic carbocycles. The largest absolute Gasteiger partial charge is 0.351 e. The number of hydrogen-bond donors (Lipinski definition) is 2. The van der Waals surface area contributed by atoms with Crippen LogP contribution in [0.25, 0.3) is 11.0 Å². The van der Waals surface area contributed by atoms with Gasteiger partial charge < -0.3 is 15.2 Å². The van der Waals surface area contributed by atoms with Crippen LogP contribution in [0, 0.1) is 5.92 Å². The van der Waals surface area contributed by atoms with E-state index in [2.05, 4.69) is 31.2 Å². The SMILES string of the molecule is c1nc(N(CC2CC2)[C@@H]2CCNC2)c2cc[nH]c2n1. The Morgan fingerprint density at radius 1 is 1.26 bits per heavy atom. The maximum absolute atomic E-state index is 4.57. The molecule has 1 aliphatic carbocycles. The number of nitrogens with zero attached hydrogens (tertiary/aromatic N) is 3. The van der Waals surface area contributed by atoms with Crippen LogP contribution in [-0.2, 0) is 0 Å². The number of fused-ring (bicyclic) bond motifs is 1. The molecular weight excluding hydrogens is 238 g/mol. The summed E-state index contributed by atoms with van der Waals surface area (Å²) in [5.41, 5.74) is 0.941. The summed E-state index contributed by atoms with van der Waals surface area (Å²) < 4.78 is 0. The van der Waals surface area contributed by atoms with Crippen molar-refractivity contribution in [3.05, 3.63) is 18.6 Å². The third kappa shape index (κ3) is 2.08. The first-order chi connectivity index (χ1) is 9.42. The molecule has 19 heavy (non-hydrogen) atoms. The Morgan fingerprint density at radius 3 is 3.00 bits per heavy atom. The van der Waals surface area contributed by atoms with Crippen LogP contribution in [0.2, 0.25) is 0 Å². The fourth-order valence-electron chi connectivity index (χ4n) is 2.98. The predicted molar refractivity (Wildman–Crippen MR) is 75.2 cm³/mol. The van der Waals surface area contributed by atoms with Crippen molar-refractivity contribution < 1.29 is 0 Å². The zero-order valence-corrected chi connectivity index (χ0v) is 11.0. The molecule has 4 rings (SSSR count). The molecule has 5 heteroatoms. The molecular formula is C14H19N5. The van der Waals surface area contributed by atoms with Gasteiger partial charge in [-0.3, -0.25) is 0 Å². The lowest BCUT2D eigenvalue weighted by Gasteiger charge is -2.30. The number of rotatable bonds is 4. The predicted octanol–water partition coefficient (Wildman–Crippen LogP) is 1.54. The van der Waals surface area contributed by atoms with Gasteiger partial charge in [0.25, 0.3) is 0 Å². The first-order valence-electron chi connectivity index (χ1n) is 7.17. The summed E-state index contributed by atoms with van der Waals surface area (Å²) in [6.07, 6.45) is 7.58. The molecule has 2 N–H and O–H groups in total. The first kappa shape index (κ1) is 11.2. The van der Waals surface area contributed by atoms with Crippen molar-refractivity contribution in [2.45, 2.75) is 25.3 Å². The molecule has 5 nitrogen and oxygen atoms in total. The van der Waals surface area contributed by atoms with E-state index in [-0.39, 0.29) is 0 Å². The van der Waals surface area contributed by atoms with Crippen molar-refractivity contribution in [1.29, 1.82) is 0 Å². The van der Waals surface area contributed by atoms with Crippen molar-refractivity contribution in [2.24, 2.45) is 5.92 Å². The summed E-state index contributed by atoms with van der Waals surface area (Å²) in [5.74, 6) is 1.97. The monoisotopic (exact) mass is 257 g/mol. The lowest BCUT2D eigenvalue weighted by atomic mass is 10.2. The molecule has 0 bridgehead atoms. The van der Waals surface area contributed by atoms with Gasteiger partial charge in [-0.05, 0) is 37.8 Å². The third-order valence-corrected chi connectivity index (χ3v) is 4.23. The highest BCUT2D eigenvalue weighted by molar-refractivity contribution is 5.87. The molecule has 0 spiro atoms. The number of hydrogen-bond acceptors (Lipinski definition) is 4. The highest BCUT2D eigenvalue weighted by Crippen LogP contribution is 2.34. The number of aromatic nitrogens is 3. The van der Waals surface area contributed by atoms with Crippen molar-refractivity contribution >= 4 is 16.9 Å². The molecule has 2 aromatic heterocycles. The molecule has 1 saturated carbocycles. The van der Waals surface area contributed by atoms with Gasteiger partial charge >= 0.3 is 0 Å². The van der Waals surface area contributed by atoms with Gasteiger partial charge in [-0.1, -0.05) is 0 Å². The van der Waals surface area contributed by atoms with Crippen LogP contribution in [0.5, 0.6) is 0 Å². The van der Waals surface area contributed by atoms with Crippen molar-refractivity contribution in [2.75, 3.05) is 24.5 Å². The minimum atomic E-state index is 0.577. The summed E-state index contributed by atoms with van der Waals surface area (Å²) in [5, 5.41) is 4.61. The van der Waals surface area contributed by atoms with E-state index in [0.717, 1.165) is 42.4 Å². The van der Waals surface area contributed by atoms with Crippen LogP contribution in [-0.4, -0.2) is 40.6 Å². The van der Waals surface area contributed by atoms with E-state index in [1.165, 1.54) is 19.3 Å². The highest BCUT2D eigenvalue weighted by atomic mass is 15.3. The van der Waals surface area contributed by atoms with Crippen LogP contribution in [0.1, 0.15) is 19.3 Å². The molecule has 0 amide bonds. The van der Waals surface area contributed by atoms with Gasteiger partial charge in [0.2, 0.25) is 0 Å². The highest BCUT2D eigenvalue weighted by Gasteiger charge is 2.31. The lowest BCUT2D eigenvalue weighted by molar-refractivity contribution is 0.601. The van der Waals surface area contributed by atoms with Crippen molar-refractivity contribution in [3.63, 3.8) is 0 Å². The Morgan fingerprint density at radius 2 is 2.21 bits per heavy atom. The number of H-pyrrole nitrogens is 1. The molecule has 1 atom stereocenters. The van der Waals surface area contributed by atoms with Gasteiger partial charge in [0.05, 0.1) is 5.39 Å². The minimum absolute atomic E-state index is 0.577. The van der Waals surface area contributed by atoms with Crippen molar-refractivity contribution in [3.8, 4) is 0 Å². The zero-order valence-electron chi connectivity index (χ0n) is 11.0. The molecule has 0 unspecified atom stereocenters. The van der Waals surface area contributed by atoms with Crippen LogP contribution in [0.3, 0.4) is 0 Å². The Kier molecular flexibility index (Phi) is 2.65. The average Bonchev–Trinajstić information content (AvgIpc) is 2.95. The Labute approximate surface area is 112 Å². The van der Waals surface area contributed by atoms with Gasteiger partial charge in [-0.15, -0.1) is 0 Å². The zero-order chi connectivity index (χ0) is 12.7. The van der Waals surface area contributed by atoms with E-state index < -0.39 is 0 Å². The van der Waals surface area contributed by atoms with Crippen LogP contribution < -0.4 is 10.2 Å². The Balaban J connectivity index is 1.73. The summed E-state index contributed by atoms with van der Waals surface area (Å²) >= 11 is 0. The van der Waals surface area contributed by atoms with Crippen LogP contribution >= 0.6 is 0 Å². The number of anilines is 1. The van der Waals surface area contributed by atoms with E-state index in [1.807, 2.05) is 6.20 Å². The summed E-state index contributed by atoms with van der Waals surface area (Å²) in [6, 6.07) is 2.67. The second-order valence-electron chi connectivity index (χ2n) is 5.68. The van der Waals surface area contributed by atoms with Gasteiger partial charge in [0.1, 0.15) is 17.8 Å². The second kappa shape index (κ2) is 4.49. The summed E-state index contributed by atoms with van der Waals surface area (Å²) in [7, 11) is 0. The molecule has 0 radical (unpaired) electrons. The standard InChI is InChI=1S/C14H19N5/c1-2-10(1)8-19(11-3-5-15-7-11)14-12-4-6-16-13(12)17-9-18-14/h4,6,9-11,15H,1-3,5,7-8H2,(H,16,17,18)/t11-/m1/s1. The first-order valence-corrected chi connectivity index (χ1v) is 7.17. The third-order valence-electron chi connectivity index (χ3n) is 4.23. The van der Waals surface area contributed by atoms with Gasteiger partial charge in [0, 0.05) is 25.3 Å². The quantitative estimate of drug-likeness (QED) is 0.872. The van der Waals surface area contributed by atoms with E-state index in [9.17, 15) is 0 Å². The maximum atomic E-state index is 4.57. The van der Waals surface area contributed by atoms with Gasteiger partial charge in [0.15, 0.2) is 0 Å². The fraction of sp³-hybridized carbons (Fsp3) is 0.571. The van der Waals surface area contributed by atoms with E-state index in [0.29, 0.717) is 6.04 Å². The molecule has 2 fully saturated rings. The molecule has 1 saturated heterocycles. The minimum Gasteiger partial charge on any atom is -0.351 e. The fourth-order valence-corrected chi connectivity index (χ4v) is 2.98. The molecule has 1 aliphatic heterocycles. The van der Waals surface area contributed by atoms with E-state index in [4.69, 9.17) is 0 Å². The Hall–Kier alpha value is -1.62. The van der Waals surface area contributed by atoms with Gasteiger partial charge in [-0.2, -0.15) is 0 Å². The molecule has 2 aliphatic rings. The van der Waals surface area contributed by atoms with Crippen LogP contribution in [0.4, 0.5) is 5.82 Å². The number of aromatic amines is 1. The topological polar surface area (TPSA) is 56.8 Å². The smallest absolute Gasteiger partial charge is 0.142 e. The van der Waals surface area contributed by atoms with Crippen LogP contribution in [0.15, 0.2) is 18.6 Å². The van der Waals surface area contributed by atoms with E-state index in [1.54, 1.807) is 6.33 Å². The maximum Gasteiger partial charge on any atom is 0.142 e. The molecule has 100 valence electrons. The number of nitrogens with one attached hydrogen (secondary N) is 2. The molecule has 2 aromatic rings. The van der Waals surface area contributed by atoms with Gasteiger partial charge in [-0.25, -0.2) is 9.97 Å². The second-order valence-corrected chi connectivity index (χ2v) is 5.68. The van der Waals surface area contributed by atoms with Crippen molar-refractivity contribution in [1.82, 2.24) is 20.3 Å². The normalized spacial score (nSPS) is 23.1. The van der Waals surface area contributed by atoms with E-state index >= 15 is 0 Å². The molecule has 3 heterocycles. The Bertz CT molecular complexity index is 568. The lowest BCUT2D eigenvalue weighted by Crippen LogP contribution is -2.39. The summed E-state index contributed by atoms with van der Waals surface area (Å²) in [6.45, 7) is 3.33. The summed E-state index contributed by atoms with van der Waals surface area (Å²) in [4.78, 5) is 14.6. The average molecular weight is 257 g/mol.